The summed E-state index contributed by atoms with van der Waals surface area (Å²) in [6.45, 7) is 0.358. The average molecular weight is 332 g/mol. The number of oxazole rings is 1. The van der Waals surface area contributed by atoms with Crippen molar-refractivity contribution in [2.45, 2.75) is 19.3 Å². The molecule has 1 amide bonds. The van der Waals surface area contributed by atoms with Gasteiger partial charge in [0.15, 0.2) is 0 Å². The van der Waals surface area contributed by atoms with Crippen molar-refractivity contribution in [1.82, 2.24) is 10.3 Å². The molecule has 7 heteroatoms. The first-order chi connectivity index (χ1) is 11.5. The Labute approximate surface area is 137 Å². The molecule has 1 aliphatic carbocycles. The fourth-order valence-corrected chi connectivity index (χ4v) is 2.70. The summed E-state index contributed by atoms with van der Waals surface area (Å²) in [6, 6.07) is 5.82. The minimum absolute atomic E-state index is 0.226. The van der Waals surface area contributed by atoms with E-state index in [0.717, 1.165) is 0 Å². The standard InChI is InChI=1S/C17H17FN2O4/c18-11-3-1-10(2-4-11)16-20-12(9-24-16)7-8-19-15(21)13-5-6-14(13)17(22)23/h1-4,9,13-14H,5-8H2,(H,19,21)(H,22,23). The molecule has 1 aromatic carbocycles. The molecule has 0 bridgehead atoms. The van der Waals surface area contributed by atoms with E-state index in [1.807, 2.05) is 0 Å². The summed E-state index contributed by atoms with van der Waals surface area (Å²) in [5, 5.41) is 11.7. The predicted molar refractivity (Wildman–Crippen MR) is 82.5 cm³/mol. The van der Waals surface area contributed by atoms with Gasteiger partial charge in [0.2, 0.25) is 11.8 Å². The van der Waals surface area contributed by atoms with Crippen LogP contribution in [0.15, 0.2) is 34.9 Å². The lowest BCUT2D eigenvalue weighted by Gasteiger charge is -2.31. The topological polar surface area (TPSA) is 92.4 Å². The molecule has 2 N–H and O–H groups in total. The summed E-state index contributed by atoms with van der Waals surface area (Å²) in [6.07, 6.45) is 3.13. The fourth-order valence-electron chi connectivity index (χ4n) is 2.70. The highest BCUT2D eigenvalue weighted by atomic mass is 19.1. The Balaban J connectivity index is 1.50. The van der Waals surface area contributed by atoms with E-state index in [4.69, 9.17) is 9.52 Å². The van der Waals surface area contributed by atoms with Crippen LogP contribution < -0.4 is 5.32 Å². The Hall–Kier alpha value is -2.70. The highest BCUT2D eigenvalue weighted by molar-refractivity contribution is 5.86. The third kappa shape index (κ3) is 3.45. The average Bonchev–Trinajstić information content (AvgIpc) is 2.95. The number of carbonyl (C=O) groups excluding carboxylic acids is 1. The molecule has 2 unspecified atom stereocenters. The zero-order valence-corrected chi connectivity index (χ0v) is 12.9. The van der Waals surface area contributed by atoms with Crippen LogP contribution in [0.1, 0.15) is 18.5 Å². The van der Waals surface area contributed by atoms with E-state index in [1.165, 1.54) is 18.4 Å². The molecule has 24 heavy (non-hydrogen) atoms. The van der Waals surface area contributed by atoms with E-state index in [9.17, 15) is 14.0 Å². The number of hydrogen-bond donors (Lipinski definition) is 2. The summed E-state index contributed by atoms with van der Waals surface area (Å²) in [7, 11) is 0. The molecule has 0 radical (unpaired) electrons. The first-order valence-corrected chi connectivity index (χ1v) is 7.75. The van der Waals surface area contributed by atoms with E-state index in [-0.39, 0.29) is 11.7 Å². The van der Waals surface area contributed by atoms with Gasteiger partial charge in [0.05, 0.1) is 17.5 Å². The molecule has 1 aliphatic rings. The number of nitrogens with one attached hydrogen (secondary N) is 1. The van der Waals surface area contributed by atoms with Gasteiger partial charge in [-0.3, -0.25) is 9.59 Å². The van der Waals surface area contributed by atoms with Gasteiger partial charge in [-0.1, -0.05) is 0 Å². The van der Waals surface area contributed by atoms with Crippen molar-refractivity contribution in [1.29, 1.82) is 0 Å². The van der Waals surface area contributed by atoms with Crippen LogP contribution in [0.4, 0.5) is 4.39 Å². The van der Waals surface area contributed by atoms with Crippen LogP contribution in [-0.2, 0) is 16.0 Å². The molecule has 0 saturated heterocycles. The van der Waals surface area contributed by atoms with Crippen molar-refractivity contribution >= 4 is 11.9 Å². The molecule has 1 heterocycles. The number of carboxylic acid groups (broad SMARTS) is 1. The normalized spacial score (nSPS) is 19.5. The van der Waals surface area contributed by atoms with Gasteiger partial charge in [-0.2, -0.15) is 0 Å². The highest BCUT2D eigenvalue weighted by Gasteiger charge is 2.41. The maximum Gasteiger partial charge on any atom is 0.307 e. The van der Waals surface area contributed by atoms with Crippen molar-refractivity contribution in [3.63, 3.8) is 0 Å². The summed E-state index contributed by atoms with van der Waals surface area (Å²) in [4.78, 5) is 27.2. The molecule has 1 fully saturated rings. The van der Waals surface area contributed by atoms with Crippen LogP contribution in [0.25, 0.3) is 11.5 Å². The third-order valence-electron chi connectivity index (χ3n) is 4.25. The zero-order valence-electron chi connectivity index (χ0n) is 12.9. The molecule has 1 aromatic heterocycles. The smallest absolute Gasteiger partial charge is 0.307 e. The Morgan fingerprint density at radius 2 is 1.96 bits per heavy atom. The van der Waals surface area contributed by atoms with Gasteiger partial charge in [-0.25, -0.2) is 9.37 Å². The minimum Gasteiger partial charge on any atom is -0.481 e. The number of hydrogen-bond acceptors (Lipinski definition) is 4. The second kappa shape index (κ2) is 6.82. The molecule has 126 valence electrons. The lowest BCUT2D eigenvalue weighted by atomic mass is 9.73. The maximum absolute atomic E-state index is 12.9. The molecular weight excluding hydrogens is 315 g/mol. The number of rotatable bonds is 6. The number of carbonyl (C=O) groups is 2. The number of nitrogens with zero attached hydrogens (tertiary/aromatic N) is 1. The van der Waals surface area contributed by atoms with Crippen molar-refractivity contribution in [2.24, 2.45) is 11.8 Å². The van der Waals surface area contributed by atoms with Crippen molar-refractivity contribution < 1.29 is 23.5 Å². The molecule has 0 spiro atoms. The van der Waals surface area contributed by atoms with Crippen LogP contribution in [0.5, 0.6) is 0 Å². The molecule has 2 aromatic rings. The quantitative estimate of drug-likeness (QED) is 0.846. The van der Waals surface area contributed by atoms with Gasteiger partial charge in [-0.05, 0) is 37.1 Å². The highest BCUT2D eigenvalue weighted by Crippen LogP contribution is 2.34. The number of aliphatic carboxylic acids is 1. The van der Waals surface area contributed by atoms with Crippen LogP contribution in [0.3, 0.4) is 0 Å². The van der Waals surface area contributed by atoms with Crippen LogP contribution in [-0.4, -0.2) is 28.5 Å². The van der Waals surface area contributed by atoms with E-state index in [2.05, 4.69) is 10.3 Å². The minimum atomic E-state index is -0.915. The van der Waals surface area contributed by atoms with E-state index in [0.29, 0.717) is 43.0 Å². The lowest BCUT2D eigenvalue weighted by molar-refractivity contribution is -0.152. The summed E-state index contributed by atoms with van der Waals surface area (Å²) < 4.78 is 18.3. The number of benzene rings is 1. The second-order valence-electron chi connectivity index (χ2n) is 5.82. The van der Waals surface area contributed by atoms with Gasteiger partial charge in [-0.15, -0.1) is 0 Å². The fraction of sp³-hybridized carbons (Fsp3) is 0.353. The van der Waals surface area contributed by atoms with Gasteiger partial charge >= 0.3 is 5.97 Å². The van der Waals surface area contributed by atoms with Gasteiger partial charge in [0, 0.05) is 18.5 Å². The summed E-state index contributed by atoms with van der Waals surface area (Å²) in [5.74, 6) is -2.08. The zero-order chi connectivity index (χ0) is 17.1. The van der Waals surface area contributed by atoms with Gasteiger partial charge in [0.1, 0.15) is 12.1 Å². The first kappa shape index (κ1) is 16.2. The molecule has 3 rings (SSSR count). The van der Waals surface area contributed by atoms with Gasteiger partial charge < -0.3 is 14.8 Å². The number of amides is 1. The third-order valence-corrected chi connectivity index (χ3v) is 4.25. The SMILES string of the molecule is O=C(O)C1CCC1C(=O)NCCc1coc(-c2ccc(F)cc2)n1. The summed E-state index contributed by atoms with van der Waals surface area (Å²) >= 11 is 0. The van der Waals surface area contributed by atoms with Gasteiger partial charge in [0.25, 0.3) is 0 Å². The van der Waals surface area contributed by atoms with E-state index >= 15 is 0 Å². The van der Waals surface area contributed by atoms with Crippen LogP contribution >= 0.6 is 0 Å². The second-order valence-corrected chi connectivity index (χ2v) is 5.82. The Morgan fingerprint density at radius 1 is 1.25 bits per heavy atom. The Morgan fingerprint density at radius 3 is 2.58 bits per heavy atom. The summed E-state index contributed by atoms with van der Waals surface area (Å²) in [5.41, 5.74) is 1.34. The number of halogens is 1. The van der Waals surface area contributed by atoms with Crippen LogP contribution in [0.2, 0.25) is 0 Å². The first-order valence-electron chi connectivity index (χ1n) is 7.75. The Bertz CT molecular complexity index is 741. The largest absolute Gasteiger partial charge is 0.481 e. The molecular formula is C17H17FN2O4. The molecule has 0 aliphatic heterocycles. The molecule has 6 nitrogen and oxygen atoms in total. The van der Waals surface area contributed by atoms with Crippen molar-refractivity contribution in [2.75, 3.05) is 6.54 Å². The molecule has 2 atom stereocenters. The lowest BCUT2D eigenvalue weighted by Crippen LogP contribution is -2.44. The van der Waals surface area contributed by atoms with Crippen molar-refractivity contribution in [3.8, 4) is 11.5 Å². The van der Waals surface area contributed by atoms with Crippen LogP contribution in [0, 0.1) is 17.7 Å². The Kier molecular flexibility index (Phi) is 4.59. The molecule has 1 saturated carbocycles. The monoisotopic (exact) mass is 332 g/mol. The van der Waals surface area contributed by atoms with Crippen molar-refractivity contribution in [3.05, 3.63) is 42.0 Å². The van der Waals surface area contributed by atoms with E-state index < -0.39 is 17.8 Å². The predicted octanol–water partition coefficient (Wildman–Crippen LogP) is 2.25. The number of aromatic nitrogens is 1. The van der Waals surface area contributed by atoms with E-state index in [1.54, 1.807) is 12.1 Å². The maximum atomic E-state index is 12.9. The number of carboxylic acids is 1.